The number of hydrogen-bond donors (Lipinski definition) is 1. The molecular weight excluding hydrogens is 270 g/mol. The van der Waals surface area contributed by atoms with Gasteiger partial charge in [0.2, 0.25) is 0 Å². The Morgan fingerprint density at radius 1 is 1.42 bits per heavy atom. The van der Waals surface area contributed by atoms with Gasteiger partial charge in [-0.05, 0) is 6.07 Å². The third-order valence-corrected chi connectivity index (χ3v) is 3.47. The predicted molar refractivity (Wildman–Crippen MR) is 70.2 cm³/mol. The minimum Gasteiger partial charge on any atom is -0.383 e. The highest BCUT2D eigenvalue weighted by atomic mass is 32.1. The number of methoxy groups -OCH3 is 1. The zero-order chi connectivity index (χ0) is 13.7. The Morgan fingerprint density at radius 3 is 2.89 bits per heavy atom. The van der Waals surface area contributed by atoms with E-state index >= 15 is 0 Å². The molecule has 0 spiro atoms. The van der Waals surface area contributed by atoms with E-state index in [2.05, 4.69) is 10.3 Å². The smallest absolute Gasteiger partial charge is 0.131 e. The second kappa shape index (κ2) is 6.70. The first-order valence-corrected chi connectivity index (χ1v) is 6.67. The molecular formula is C13H14F2N2OS. The summed E-state index contributed by atoms with van der Waals surface area (Å²) < 4.78 is 31.8. The van der Waals surface area contributed by atoms with Crippen LogP contribution in [-0.4, -0.2) is 25.2 Å². The molecule has 0 aliphatic carbocycles. The van der Waals surface area contributed by atoms with E-state index in [1.807, 2.05) is 5.38 Å². The van der Waals surface area contributed by atoms with Gasteiger partial charge in [0.05, 0.1) is 12.6 Å². The number of aromatic nitrogens is 1. The topological polar surface area (TPSA) is 34.1 Å². The van der Waals surface area contributed by atoms with E-state index in [0.717, 1.165) is 11.1 Å². The summed E-state index contributed by atoms with van der Waals surface area (Å²) in [5, 5.41) is 5.72. The SMILES string of the molecule is COCCNC(c1nccs1)c1ccc(F)cc1F. The van der Waals surface area contributed by atoms with Crippen molar-refractivity contribution < 1.29 is 13.5 Å². The molecule has 0 amide bonds. The first kappa shape index (κ1) is 14.0. The zero-order valence-electron chi connectivity index (χ0n) is 10.4. The summed E-state index contributed by atoms with van der Waals surface area (Å²) in [5.41, 5.74) is 0.382. The molecule has 19 heavy (non-hydrogen) atoms. The van der Waals surface area contributed by atoms with Crippen molar-refractivity contribution in [2.45, 2.75) is 6.04 Å². The van der Waals surface area contributed by atoms with Crippen molar-refractivity contribution in [3.8, 4) is 0 Å². The Balaban J connectivity index is 2.26. The average molecular weight is 284 g/mol. The predicted octanol–water partition coefficient (Wildman–Crippen LogP) is 2.75. The van der Waals surface area contributed by atoms with Crippen molar-refractivity contribution in [3.05, 3.63) is 52.0 Å². The molecule has 2 rings (SSSR count). The molecule has 1 heterocycles. The first-order chi connectivity index (χ1) is 9.22. The van der Waals surface area contributed by atoms with Gasteiger partial charge in [-0.3, -0.25) is 0 Å². The van der Waals surface area contributed by atoms with Crippen LogP contribution < -0.4 is 5.32 Å². The fraction of sp³-hybridized carbons (Fsp3) is 0.308. The molecule has 0 radical (unpaired) electrons. The highest BCUT2D eigenvalue weighted by molar-refractivity contribution is 7.09. The molecule has 2 aromatic rings. The molecule has 0 saturated heterocycles. The van der Waals surface area contributed by atoms with Gasteiger partial charge in [0.15, 0.2) is 0 Å². The Morgan fingerprint density at radius 2 is 2.26 bits per heavy atom. The van der Waals surface area contributed by atoms with E-state index in [1.54, 1.807) is 13.3 Å². The number of thiazole rings is 1. The fourth-order valence-electron chi connectivity index (χ4n) is 1.75. The average Bonchev–Trinajstić information content (AvgIpc) is 2.89. The van der Waals surface area contributed by atoms with E-state index < -0.39 is 17.7 Å². The van der Waals surface area contributed by atoms with Gasteiger partial charge >= 0.3 is 0 Å². The lowest BCUT2D eigenvalue weighted by molar-refractivity contribution is 0.197. The Labute approximate surface area is 114 Å². The number of rotatable bonds is 6. The van der Waals surface area contributed by atoms with Crippen molar-refractivity contribution in [1.29, 1.82) is 0 Å². The highest BCUT2D eigenvalue weighted by Crippen LogP contribution is 2.26. The van der Waals surface area contributed by atoms with Crippen LogP contribution in [0.3, 0.4) is 0 Å². The lowest BCUT2D eigenvalue weighted by Gasteiger charge is -2.17. The third kappa shape index (κ3) is 3.56. The van der Waals surface area contributed by atoms with Crippen LogP contribution in [0.2, 0.25) is 0 Å². The van der Waals surface area contributed by atoms with Crippen LogP contribution in [0.15, 0.2) is 29.8 Å². The molecule has 3 nitrogen and oxygen atoms in total. The number of benzene rings is 1. The Hall–Kier alpha value is -1.37. The molecule has 1 aromatic heterocycles. The largest absolute Gasteiger partial charge is 0.383 e. The highest BCUT2D eigenvalue weighted by Gasteiger charge is 2.20. The van der Waals surface area contributed by atoms with Gasteiger partial charge in [0.25, 0.3) is 0 Å². The van der Waals surface area contributed by atoms with Gasteiger partial charge in [-0.25, -0.2) is 13.8 Å². The van der Waals surface area contributed by atoms with E-state index in [0.29, 0.717) is 18.7 Å². The fourth-order valence-corrected chi connectivity index (χ4v) is 2.48. The maximum absolute atomic E-state index is 13.9. The van der Waals surface area contributed by atoms with Crippen LogP contribution in [0, 0.1) is 11.6 Å². The third-order valence-electron chi connectivity index (χ3n) is 2.63. The van der Waals surface area contributed by atoms with Gasteiger partial charge in [0, 0.05) is 36.9 Å². The number of hydrogen-bond acceptors (Lipinski definition) is 4. The van der Waals surface area contributed by atoms with Crippen LogP contribution in [-0.2, 0) is 4.74 Å². The molecule has 0 fully saturated rings. The molecule has 0 aliphatic rings. The number of ether oxygens (including phenoxy) is 1. The van der Waals surface area contributed by atoms with E-state index in [1.165, 1.54) is 23.5 Å². The summed E-state index contributed by atoms with van der Waals surface area (Å²) in [6, 6.07) is 3.18. The normalized spacial score (nSPS) is 12.6. The summed E-state index contributed by atoms with van der Waals surface area (Å²) in [4.78, 5) is 4.19. The van der Waals surface area contributed by atoms with Crippen molar-refractivity contribution >= 4 is 11.3 Å². The Kier molecular flexibility index (Phi) is 4.95. The van der Waals surface area contributed by atoms with E-state index in [-0.39, 0.29) is 0 Å². The summed E-state index contributed by atoms with van der Waals surface area (Å²) >= 11 is 1.42. The van der Waals surface area contributed by atoms with E-state index in [4.69, 9.17) is 4.74 Å². The number of nitrogens with one attached hydrogen (secondary N) is 1. The molecule has 0 bridgehead atoms. The lowest BCUT2D eigenvalue weighted by Crippen LogP contribution is -2.26. The minimum atomic E-state index is -0.587. The second-order valence-electron chi connectivity index (χ2n) is 3.92. The standard InChI is InChI=1S/C13H14F2N2OS/c1-18-6-4-16-12(13-17-5-7-19-13)10-3-2-9(14)8-11(10)15/h2-3,5,7-8,12,16H,4,6H2,1H3. The molecule has 1 atom stereocenters. The quantitative estimate of drug-likeness (QED) is 0.828. The minimum absolute atomic E-state index is 0.382. The van der Waals surface area contributed by atoms with Gasteiger partial charge in [0.1, 0.15) is 16.6 Å². The molecule has 1 N–H and O–H groups in total. The maximum atomic E-state index is 13.9. The van der Waals surface area contributed by atoms with Gasteiger partial charge in [-0.1, -0.05) is 6.07 Å². The van der Waals surface area contributed by atoms with Crippen LogP contribution in [0.1, 0.15) is 16.6 Å². The van der Waals surface area contributed by atoms with Crippen LogP contribution in [0.4, 0.5) is 8.78 Å². The number of nitrogens with zero attached hydrogens (tertiary/aromatic N) is 1. The molecule has 1 unspecified atom stereocenters. The van der Waals surface area contributed by atoms with Crippen molar-refractivity contribution in [2.24, 2.45) is 0 Å². The van der Waals surface area contributed by atoms with Crippen molar-refractivity contribution in [2.75, 3.05) is 20.3 Å². The number of halogens is 2. The summed E-state index contributed by atoms with van der Waals surface area (Å²) in [6.07, 6.45) is 1.66. The molecule has 1 aromatic carbocycles. The summed E-state index contributed by atoms with van der Waals surface area (Å²) in [6.45, 7) is 1.06. The second-order valence-corrected chi connectivity index (χ2v) is 4.84. The van der Waals surface area contributed by atoms with Gasteiger partial charge < -0.3 is 10.1 Å². The van der Waals surface area contributed by atoms with Crippen molar-refractivity contribution in [1.82, 2.24) is 10.3 Å². The van der Waals surface area contributed by atoms with E-state index in [9.17, 15) is 8.78 Å². The van der Waals surface area contributed by atoms with Gasteiger partial charge in [-0.2, -0.15) is 0 Å². The van der Waals surface area contributed by atoms with Gasteiger partial charge in [-0.15, -0.1) is 11.3 Å². The molecule has 102 valence electrons. The summed E-state index contributed by atoms with van der Waals surface area (Å²) in [5.74, 6) is -1.17. The Bertz CT molecular complexity index is 519. The van der Waals surface area contributed by atoms with Crippen LogP contribution >= 0.6 is 11.3 Å². The summed E-state index contributed by atoms with van der Waals surface area (Å²) in [7, 11) is 1.60. The first-order valence-electron chi connectivity index (χ1n) is 5.79. The van der Waals surface area contributed by atoms with Crippen molar-refractivity contribution in [3.63, 3.8) is 0 Å². The molecule has 0 aliphatic heterocycles. The monoisotopic (exact) mass is 284 g/mol. The van der Waals surface area contributed by atoms with Crippen LogP contribution in [0.5, 0.6) is 0 Å². The molecule has 0 saturated carbocycles. The zero-order valence-corrected chi connectivity index (χ0v) is 11.2. The molecule has 6 heteroatoms. The van der Waals surface area contributed by atoms with Crippen LogP contribution in [0.25, 0.3) is 0 Å². The maximum Gasteiger partial charge on any atom is 0.131 e. The lowest BCUT2D eigenvalue weighted by atomic mass is 10.1.